The average molecular weight is 508 g/mol. The lowest BCUT2D eigenvalue weighted by Crippen LogP contribution is -2.49. The van der Waals surface area contributed by atoms with Crippen molar-refractivity contribution in [2.45, 2.75) is 71.3 Å². The molecule has 10 heteroatoms. The van der Waals surface area contributed by atoms with Gasteiger partial charge < -0.3 is 14.0 Å². The fourth-order valence-electron chi connectivity index (χ4n) is 2.68. The first kappa shape index (κ1) is 24.6. The van der Waals surface area contributed by atoms with Crippen LogP contribution in [0.2, 0.25) is 0 Å². The van der Waals surface area contributed by atoms with Crippen molar-refractivity contribution in [2.75, 3.05) is 13.2 Å². The van der Waals surface area contributed by atoms with Crippen LogP contribution in [-0.2, 0) is 20.8 Å². The SMILES string of the molecule is CCOC1=N[C@H](C(C)C)C(OCC)=N[C@H]1C(N[S@@+]([O-])C(C)(C)C)c1nc(Br)cs1. The molecule has 0 amide bonds. The van der Waals surface area contributed by atoms with Crippen LogP contribution in [0.1, 0.15) is 59.5 Å². The summed E-state index contributed by atoms with van der Waals surface area (Å²) in [7, 11) is 0. The fourth-order valence-corrected chi connectivity index (χ4v) is 4.93. The van der Waals surface area contributed by atoms with Crippen LogP contribution in [0.5, 0.6) is 0 Å². The highest BCUT2D eigenvalue weighted by molar-refractivity contribution is 9.10. The molecule has 164 valence electrons. The van der Waals surface area contributed by atoms with Crippen LogP contribution in [-0.4, -0.2) is 51.4 Å². The number of ether oxygens (including phenoxy) is 2. The summed E-state index contributed by atoms with van der Waals surface area (Å²) < 4.78 is 28.2. The van der Waals surface area contributed by atoms with E-state index in [0.29, 0.717) is 25.0 Å². The Morgan fingerprint density at radius 1 is 1.17 bits per heavy atom. The van der Waals surface area contributed by atoms with Crippen LogP contribution in [0.25, 0.3) is 0 Å². The van der Waals surface area contributed by atoms with E-state index in [9.17, 15) is 4.55 Å². The first-order valence-electron chi connectivity index (χ1n) is 9.78. The van der Waals surface area contributed by atoms with E-state index in [2.05, 4.69) is 39.5 Å². The summed E-state index contributed by atoms with van der Waals surface area (Å²) in [6.07, 6.45) is 0. The Morgan fingerprint density at radius 3 is 2.17 bits per heavy atom. The fraction of sp³-hybridized carbons (Fsp3) is 0.737. The number of aromatic nitrogens is 1. The van der Waals surface area contributed by atoms with E-state index < -0.39 is 28.2 Å². The van der Waals surface area contributed by atoms with E-state index in [1.807, 2.05) is 40.0 Å². The second-order valence-corrected chi connectivity index (χ2v) is 11.6. The Bertz CT molecular complexity index is 733. The van der Waals surface area contributed by atoms with Crippen molar-refractivity contribution in [3.8, 4) is 0 Å². The van der Waals surface area contributed by atoms with Gasteiger partial charge in [0.05, 0.1) is 13.2 Å². The minimum absolute atomic E-state index is 0.204. The Hall–Kier alpha value is -0.680. The van der Waals surface area contributed by atoms with Gasteiger partial charge >= 0.3 is 0 Å². The summed E-state index contributed by atoms with van der Waals surface area (Å²) in [5.74, 6) is 1.31. The molecule has 0 saturated heterocycles. The van der Waals surface area contributed by atoms with Gasteiger partial charge in [-0.2, -0.15) is 0 Å². The van der Waals surface area contributed by atoms with E-state index in [1.54, 1.807) is 0 Å². The zero-order valence-corrected chi connectivity index (χ0v) is 21.3. The van der Waals surface area contributed by atoms with Crippen molar-refractivity contribution in [3.05, 3.63) is 15.0 Å². The summed E-state index contributed by atoms with van der Waals surface area (Å²) in [6.45, 7) is 14.7. The summed E-state index contributed by atoms with van der Waals surface area (Å²) >= 11 is 3.55. The van der Waals surface area contributed by atoms with Crippen LogP contribution in [0.4, 0.5) is 0 Å². The molecule has 0 aromatic carbocycles. The van der Waals surface area contributed by atoms with Gasteiger partial charge in [0.25, 0.3) is 0 Å². The zero-order valence-electron chi connectivity index (χ0n) is 18.1. The Morgan fingerprint density at radius 2 is 1.72 bits per heavy atom. The van der Waals surface area contributed by atoms with Crippen molar-refractivity contribution in [2.24, 2.45) is 15.9 Å². The standard InChI is InChI=1S/C19H31BrN4O3S2/c1-8-26-16-13(11(3)4)22-17(27-9-2)14(23-16)15(18-21-12(20)10-28-18)24-29(25)19(5,6)7/h10-11,13-15,24H,8-9H2,1-7H3/t13-,14+,15?,29+/m1/s1. The molecule has 29 heavy (non-hydrogen) atoms. The Kier molecular flexibility index (Phi) is 8.96. The van der Waals surface area contributed by atoms with E-state index in [0.717, 1.165) is 9.61 Å². The third-order valence-corrected chi connectivity index (χ3v) is 7.34. The molecule has 1 aromatic heterocycles. The van der Waals surface area contributed by atoms with Gasteiger partial charge in [0.15, 0.2) is 6.04 Å². The highest BCUT2D eigenvalue weighted by atomic mass is 79.9. The number of thiazole rings is 1. The van der Waals surface area contributed by atoms with Gasteiger partial charge in [0, 0.05) is 16.7 Å². The van der Waals surface area contributed by atoms with Crippen LogP contribution in [0.15, 0.2) is 20.0 Å². The summed E-state index contributed by atoms with van der Waals surface area (Å²) in [4.78, 5) is 14.3. The number of nitrogens with zero attached hydrogens (tertiary/aromatic N) is 3. The molecule has 0 saturated carbocycles. The summed E-state index contributed by atoms with van der Waals surface area (Å²) in [6, 6.07) is -1.18. The zero-order chi connectivity index (χ0) is 21.8. The van der Waals surface area contributed by atoms with Crippen molar-refractivity contribution >= 4 is 50.4 Å². The van der Waals surface area contributed by atoms with Crippen molar-refractivity contribution < 1.29 is 14.0 Å². The number of nitrogens with one attached hydrogen (secondary N) is 1. The monoisotopic (exact) mass is 506 g/mol. The molecular weight excluding hydrogens is 476 g/mol. The molecule has 0 spiro atoms. The molecule has 4 atom stereocenters. The first-order chi connectivity index (χ1) is 13.6. The molecular formula is C19H31BrN4O3S2. The van der Waals surface area contributed by atoms with E-state index in [4.69, 9.17) is 19.5 Å². The van der Waals surface area contributed by atoms with Crippen LogP contribution < -0.4 is 4.72 Å². The van der Waals surface area contributed by atoms with Gasteiger partial charge in [0.1, 0.15) is 26.4 Å². The molecule has 2 rings (SSSR count). The van der Waals surface area contributed by atoms with Crippen LogP contribution in [0, 0.1) is 5.92 Å². The van der Waals surface area contributed by atoms with E-state index in [1.165, 1.54) is 11.3 Å². The lowest BCUT2D eigenvalue weighted by molar-refractivity contribution is 0.270. The van der Waals surface area contributed by atoms with Gasteiger partial charge in [0.2, 0.25) is 11.8 Å². The molecule has 1 aliphatic heterocycles. The molecule has 1 aromatic rings. The third kappa shape index (κ3) is 6.40. The second-order valence-electron chi connectivity index (χ2n) is 7.92. The minimum atomic E-state index is -1.33. The van der Waals surface area contributed by atoms with Gasteiger partial charge in [-0.3, -0.25) is 0 Å². The number of halogens is 1. The summed E-state index contributed by atoms with van der Waals surface area (Å²) in [5.41, 5.74) is 0. The quantitative estimate of drug-likeness (QED) is 0.557. The lowest BCUT2D eigenvalue weighted by Gasteiger charge is -2.33. The predicted molar refractivity (Wildman–Crippen MR) is 124 cm³/mol. The Balaban J connectivity index is 2.50. The minimum Gasteiger partial charge on any atom is -0.598 e. The maximum Gasteiger partial charge on any atom is 0.212 e. The number of hydrogen-bond acceptors (Lipinski definition) is 8. The molecule has 2 heterocycles. The van der Waals surface area contributed by atoms with Crippen molar-refractivity contribution in [1.82, 2.24) is 9.71 Å². The Labute approximate surface area is 189 Å². The van der Waals surface area contributed by atoms with Crippen LogP contribution in [0.3, 0.4) is 0 Å². The predicted octanol–water partition coefficient (Wildman–Crippen LogP) is 4.28. The second kappa shape index (κ2) is 10.6. The van der Waals surface area contributed by atoms with Crippen molar-refractivity contribution in [3.63, 3.8) is 0 Å². The van der Waals surface area contributed by atoms with E-state index >= 15 is 0 Å². The maximum absolute atomic E-state index is 12.9. The molecule has 0 aliphatic carbocycles. The molecule has 1 unspecified atom stereocenters. The van der Waals surface area contributed by atoms with Gasteiger partial charge in [-0.1, -0.05) is 13.8 Å². The maximum atomic E-state index is 12.9. The number of aliphatic imine (C=N–C) groups is 2. The van der Waals surface area contributed by atoms with E-state index in [-0.39, 0.29) is 12.0 Å². The molecule has 1 aliphatic rings. The average Bonchev–Trinajstić information content (AvgIpc) is 3.06. The highest BCUT2D eigenvalue weighted by Crippen LogP contribution is 2.31. The van der Waals surface area contributed by atoms with Crippen LogP contribution >= 0.6 is 27.3 Å². The number of rotatable bonds is 7. The lowest BCUT2D eigenvalue weighted by atomic mass is 10.0. The van der Waals surface area contributed by atoms with Crippen molar-refractivity contribution in [1.29, 1.82) is 0 Å². The molecule has 1 N–H and O–H groups in total. The van der Waals surface area contributed by atoms with Gasteiger partial charge in [-0.05, 0) is 56.5 Å². The molecule has 0 fully saturated rings. The molecule has 7 nitrogen and oxygen atoms in total. The molecule has 0 radical (unpaired) electrons. The third-order valence-electron chi connectivity index (χ3n) is 4.12. The summed E-state index contributed by atoms with van der Waals surface area (Å²) in [5, 5.41) is 2.66. The highest BCUT2D eigenvalue weighted by Gasteiger charge is 2.42. The first-order valence-corrected chi connectivity index (χ1v) is 12.6. The largest absolute Gasteiger partial charge is 0.598 e. The number of hydrogen-bond donors (Lipinski definition) is 1. The topological polar surface area (TPSA) is 91.2 Å². The smallest absolute Gasteiger partial charge is 0.212 e. The molecule has 0 bridgehead atoms. The van der Waals surface area contributed by atoms with Gasteiger partial charge in [-0.15, -0.1) is 16.1 Å². The van der Waals surface area contributed by atoms with Gasteiger partial charge in [-0.25, -0.2) is 15.0 Å². The normalized spacial score (nSPS) is 22.1.